The number of pyridine rings is 1. The van der Waals surface area contributed by atoms with Gasteiger partial charge in [0.15, 0.2) is 10.8 Å². The average Bonchev–Trinajstić information content (AvgIpc) is 3.92. The zero-order chi connectivity index (χ0) is 49.4. The number of carboxylic acid groups (broad SMARTS) is 1. The van der Waals surface area contributed by atoms with Gasteiger partial charge in [0.2, 0.25) is 17.7 Å². The minimum absolute atomic E-state index is 0.0436. The topological polar surface area (TPSA) is 201 Å². The van der Waals surface area contributed by atoms with Crippen LogP contribution in [-0.4, -0.2) is 92.1 Å². The van der Waals surface area contributed by atoms with Crippen molar-refractivity contribution in [2.24, 2.45) is 12.5 Å². The van der Waals surface area contributed by atoms with Crippen molar-refractivity contribution in [3.05, 3.63) is 125 Å². The molecule has 71 heavy (non-hydrogen) atoms. The van der Waals surface area contributed by atoms with Gasteiger partial charge < -0.3 is 20.1 Å². The Morgan fingerprint density at radius 2 is 1.73 bits per heavy atom. The number of carbonyl (C=O) groups is 5. The van der Waals surface area contributed by atoms with E-state index in [9.17, 15) is 29.1 Å². The summed E-state index contributed by atoms with van der Waals surface area (Å²) in [5, 5.41) is 24.8. The first-order valence-electron chi connectivity index (χ1n) is 24.1. The first-order valence-corrected chi connectivity index (χ1v) is 24.9. The lowest BCUT2D eigenvalue weighted by Crippen LogP contribution is -2.42. The van der Waals surface area contributed by atoms with Crippen LogP contribution >= 0.6 is 11.3 Å². The number of carboxylic acids is 1. The second kappa shape index (κ2) is 19.7. The van der Waals surface area contributed by atoms with Crippen molar-refractivity contribution >= 4 is 78.7 Å². The zero-order valence-electron chi connectivity index (χ0n) is 39.9. The summed E-state index contributed by atoms with van der Waals surface area (Å²) in [5.41, 5.74) is 7.66. The number of anilines is 3. The maximum atomic E-state index is 13.6. The SMILES string of the molecule is Cc1cc(OCCCC2(C)CCN(CC(=O)Nc3ccc4c(C5CCC(=O)NC5=O)nn(C)c4c3)CC2)ccc1-c1ccc(N2CCc3cccc(C(=O)Nc4nc5ccccc5s4)c3C2)nc1C(=O)O. The third kappa shape index (κ3) is 10.1. The highest BCUT2D eigenvalue weighted by molar-refractivity contribution is 7.22. The molecule has 0 saturated carbocycles. The lowest BCUT2D eigenvalue weighted by Gasteiger charge is -2.39. The van der Waals surface area contributed by atoms with E-state index in [1.807, 2.05) is 103 Å². The molecule has 3 aliphatic heterocycles. The van der Waals surface area contributed by atoms with Crippen molar-refractivity contribution in [1.82, 2.24) is 30.0 Å². The number of benzene rings is 4. The molecule has 1 unspecified atom stereocenters. The molecule has 10 rings (SSSR count). The summed E-state index contributed by atoms with van der Waals surface area (Å²) >= 11 is 1.43. The lowest BCUT2D eigenvalue weighted by molar-refractivity contribution is -0.134. The van der Waals surface area contributed by atoms with Gasteiger partial charge in [0, 0.05) is 48.8 Å². The molecular weight excluding hydrogens is 919 g/mol. The van der Waals surface area contributed by atoms with Gasteiger partial charge in [0.1, 0.15) is 11.6 Å². The molecule has 7 aromatic rings. The number of amides is 4. The predicted molar refractivity (Wildman–Crippen MR) is 273 cm³/mol. The van der Waals surface area contributed by atoms with Crippen LogP contribution in [0.25, 0.3) is 32.2 Å². The molecule has 2 saturated heterocycles. The summed E-state index contributed by atoms with van der Waals surface area (Å²) in [6, 6.07) is 28.5. The van der Waals surface area contributed by atoms with Gasteiger partial charge in [-0.1, -0.05) is 48.6 Å². The number of aryl methyl sites for hydroxylation is 2. The van der Waals surface area contributed by atoms with Crippen LogP contribution in [0.3, 0.4) is 0 Å². The Morgan fingerprint density at radius 1 is 0.915 bits per heavy atom. The minimum Gasteiger partial charge on any atom is -0.494 e. The highest BCUT2D eigenvalue weighted by atomic mass is 32.1. The number of fused-ring (bicyclic) bond motifs is 3. The molecule has 17 heteroatoms. The van der Waals surface area contributed by atoms with E-state index in [4.69, 9.17) is 9.72 Å². The summed E-state index contributed by atoms with van der Waals surface area (Å²) in [5.74, 6) is -1.30. The highest BCUT2D eigenvalue weighted by Crippen LogP contribution is 2.37. The van der Waals surface area contributed by atoms with Crippen LogP contribution < -0.4 is 25.6 Å². The fourth-order valence-electron chi connectivity index (χ4n) is 10.3. The number of ether oxygens (including phenoxy) is 1. The number of piperidine rings is 2. The first kappa shape index (κ1) is 47.2. The second-order valence-corrected chi connectivity index (χ2v) is 20.3. The number of aromatic nitrogens is 4. The molecule has 6 heterocycles. The summed E-state index contributed by atoms with van der Waals surface area (Å²) < 4.78 is 8.93. The number of hydrogen-bond donors (Lipinski definition) is 4. The maximum Gasteiger partial charge on any atom is 0.355 e. The Morgan fingerprint density at radius 3 is 2.52 bits per heavy atom. The lowest BCUT2D eigenvalue weighted by atomic mass is 9.77. The van der Waals surface area contributed by atoms with E-state index >= 15 is 0 Å². The number of imide groups is 1. The molecule has 4 aromatic carbocycles. The van der Waals surface area contributed by atoms with E-state index in [0.29, 0.717) is 71.7 Å². The minimum atomic E-state index is -1.12. The maximum absolute atomic E-state index is 13.6. The summed E-state index contributed by atoms with van der Waals surface area (Å²) in [6.45, 7) is 7.73. The van der Waals surface area contributed by atoms with Crippen molar-refractivity contribution in [2.75, 3.05) is 48.3 Å². The van der Waals surface area contributed by atoms with Crippen LogP contribution in [0.1, 0.15) is 94.6 Å². The Balaban J connectivity index is 0.702. The molecule has 4 N–H and O–H groups in total. The number of aromatic carboxylic acids is 1. The number of thiazole rings is 1. The van der Waals surface area contributed by atoms with Crippen molar-refractivity contribution in [3.8, 4) is 16.9 Å². The highest BCUT2D eigenvalue weighted by Gasteiger charge is 2.33. The van der Waals surface area contributed by atoms with Crippen molar-refractivity contribution in [1.29, 1.82) is 0 Å². The normalized spacial score (nSPS) is 16.9. The average molecular weight is 974 g/mol. The molecule has 3 aromatic heterocycles. The molecule has 2 fully saturated rings. The summed E-state index contributed by atoms with van der Waals surface area (Å²) in [4.78, 5) is 77.2. The van der Waals surface area contributed by atoms with Gasteiger partial charge in [-0.05, 0) is 147 Å². The van der Waals surface area contributed by atoms with E-state index in [1.165, 1.54) is 11.3 Å². The Hall–Kier alpha value is -7.50. The molecule has 4 amide bonds. The Bertz CT molecular complexity index is 3210. The van der Waals surface area contributed by atoms with Crippen LogP contribution in [0.15, 0.2) is 91.0 Å². The fraction of sp³-hybridized carbons (Fsp3) is 0.333. The molecular formula is C54H55N9O7S. The molecule has 1 atom stereocenters. The largest absolute Gasteiger partial charge is 0.494 e. The summed E-state index contributed by atoms with van der Waals surface area (Å²) in [7, 11) is 1.81. The van der Waals surface area contributed by atoms with Gasteiger partial charge in [-0.15, -0.1) is 0 Å². The van der Waals surface area contributed by atoms with Gasteiger partial charge in [0.05, 0.1) is 40.5 Å². The van der Waals surface area contributed by atoms with Crippen LogP contribution in [0, 0.1) is 12.3 Å². The van der Waals surface area contributed by atoms with Gasteiger partial charge in [0.25, 0.3) is 5.91 Å². The fourth-order valence-corrected chi connectivity index (χ4v) is 11.1. The van der Waals surface area contributed by atoms with Gasteiger partial charge in [-0.2, -0.15) is 5.10 Å². The van der Waals surface area contributed by atoms with Crippen LogP contribution in [0.5, 0.6) is 5.75 Å². The van der Waals surface area contributed by atoms with Crippen LogP contribution in [0.2, 0.25) is 0 Å². The monoisotopic (exact) mass is 973 g/mol. The van der Waals surface area contributed by atoms with Gasteiger partial charge in [-0.3, -0.25) is 39.4 Å². The van der Waals surface area contributed by atoms with Crippen LogP contribution in [-0.2, 0) is 34.4 Å². The molecule has 0 spiro atoms. The van der Waals surface area contributed by atoms with E-state index in [-0.39, 0.29) is 47.7 Å². The third-order valence-corrected chi connectivity index (χ3v) is 15.2. The molecule has 0 aliphatic carbocycles. The quantitative estimate of drug-likeness (QED) is 0.0599. The number of carbonyl (C=O) groups excluding carboxylic acids is 4. The molecule has 0 bridgehead atoms. The van der Waals surface area contributed by atoms with E-state index in [2.05, 4.69) is 37.9 Å². The number of likely N-dealkylation sites (tertiary alicyclic amines) is 1. The number of nitrogens with zero attached hydrogens (tertiary/aromatic N) is 6. The van der Waals surface area contributed by atoms with Crippen molar-refractivity contribution < 1.29 is 33.8 Å². The van der Waals surface area contributed by atoms with Gasteiger partial charge in [-0.25, -0.2) is 14.8 Å². The molecule has 3 aliphatic rings. The van der Waals surface area contributed by atoms with Gasteiger partial charge >= 0.3 is 5.97 Å². The number of nitrogens with one attached hydrogen (secondary N) is 3. The van der Waals surface area contributed by atoms with E-state index in [1.54, 1.807) is 11.7 Å². The molecule has 16 nitrogen and oxygen atoms in total. The zero-order valence-corrected chi connectivity index (χ0v) is 40.7. The number of para-hydroxylation sites is 1. The Kier molecular flexibility index (Phi) is 13.1. The third-order valence-electron chi connectivity index (χ3n) is 14.3. The van der Waals surface area contributed by atoms with E-state index < -0.39 is 11.9 Å². The van der Waals surface area contributed by atoms with Crippen molar-refractivity contribution in [3.63, 3.8) is 0 Å². The van der Waals surface area contributed by atoms with Crippen LogP contribution in [0.4, 0.5) is 16.6 Å². The summed E-state index contributed by atoms with van der Waals surface area (Å²) in [6.07, 6.45) is 5.15. The predicted octanol–water partition coefficient (Wildman–Crippen LogP) is 8.49. The second-order valence-electron chi connectivity index (χ2n) is 19.2. The number of rotatable bonds is 14. The molecule has 0 radical (unpaired) electrons. The molecule has 364 valence electrons. The first-order chi connectivity index (χ1) is 34.3. The smallest absolute Gasteiger partial charge is 0.355 e. The Labute approximate surface area is 414 Å². The van der Waals surface area contributed by atoms with E-state index in [0.717, 1.165) is 82.1 Å². The van der Waals surface area contributed by atoms with Crippen molar-refractivity contribution in [2.45, 2.75) is 71.3 Å². The standard InChI is InChI=1S/C54H55N9O7S/c1-32-28-35(70-27-7-21-54(2)22-25-62(26-23-54)31-47(65)55-34-12-14-39-43(29-34)61(3)60-48(39)40-17-19-46(64)58-51(40)67)13-15-36(32)37-16-18-45(57-49(37)52(68)69)63-24-20-33-8-6-9-38(41(33)30-63)50(66)59-53-56-42-10-4-5-11-44(42)71-53/h4-6,8-16,18,28-29,40H,7,17,19-27,30-31H2,1-3H3,(H,55,65)(H,68,69)(H,56,59,66)(H,58,64,67). The number of hydrogen-bond acceptors (Lipinski definition) is 12.